The fourth-order valence-electron chi connectivity index (χ4n) is 2.68. The van der Waals surface area contributed by atoms with E-state index in [9.17, 15) is 9.59 Å². The van der Waals surface area contributed by atoms with Gasteiger partial charge in [0.25, 0.3) is 0 Å². The third-order valence-electron chi connectivity index (χ3n) is 4.19. The van der Waals surface area contributed by atoms with E-state index in [4.69, 9.17) is 0 Å². The first kappa shape index (κ1) is 17.0. The Hall–Kier alpha value is -1.06. The highest BCUT2D eigenvalue weighted by molar-refractivity contribution is 5.97. The van der Waals surface area contributed by atoms with Crippen LogP contribution in [0.15, 0.2) is 0 Å². The minimum Gasteiger partial charge on any atom is -0.342 e. The van der Waals surface area contributed by atoms with E-state index in [2.05, 4.69) is 33.0 Å². The van der Waals surface area contributed by atoms with Crippen LogP contribution >= 0.6 is 0 Å². The van der Waals surface area contributed by atoms with Crippen molar-refractivity contribution >= 4 is 11.8 Å². The SMILES string of the molecule is CCCCN1C(=O)C(C(C)CC)NC(=O)C1CC(C)C. The van der Waals surface area contributed by atoms with Crippen LogP contribution in [0.25, 0.3) is 0 Å². The zero-order chi connectivity index (χ0) is 15.3. The maximum atomic E-state index is 12.7. The van der Waals surface area contributed by atoms with E-state index in [0.29, 0.717) is 12.5 Å². The van der Waals surface area contributed by atoms with Gasteiger partial charge in [-0.05, 0) is 24.7 Å². The van der Waals surface area contributed by atoms with Crippen LogP contribution in [-0.2, 0) is 9.59 Å². The third-order valence-corrected chi connectivity index (χ3v) is 4.19. The number of nitrogens with zero attached hydrogens (tertiary/aromatic N) is 1. The van der Waals surface area contributed by atoms with Gasteiger partial charge < -0.3 is 10.2 Å². The molecule has 1 fully saturated rings. The van der Waals surface area contributed by atoms with E-state index >= 15 is 0 Å². The Morgan fingerprint density at radius 1 is 1.20 bits per heavy atom. The fraction of sp³-hybridized carbons (Fsp3) is 0.875. The molecule has 1 N–H and O–H groups in total. The number of rotatable bonds is 7. The second-order valence-corrected chi connectivity index (χ2v) is 6.40. The largest absolute Gasteiger partial charge is 0.342 e. The highest BCUT2D eigenvalue weighted by Crippen LogP contribution is 2.22. The first-order chi connectivity index (χ1) is 9.42. The molecule has 0 aromatic carbocycles. The summed E-state index contributed by atoms with van der Waals surface area (Å²) in [5, 5.41) is 2.95. The molecule has 116 valence electrons. The van der Waals surface area contributed by atoms with E-state index in [-0.39, 0.29) is 29.8 Å². The van der Waals surface area contributed by atoms with E-state index in [1.54, 1.807) is 0 Å². The van der Waals surface area contributed by atoms with Crippen LogP contribution < -0.4 is 5.32 Å². The molecule has 0 aliphatic carbocycles. The summed E-state index contributed by atoms with van der Waals surface area (Å²) in [7, 11) is 0. The maximum Gasteiger partial charge on any atom is 0.246 e. The number of unbranched alkanes of at least 4 members (excludes halogenated alkanes) is 1. The standard InChI is InChI=1S/C16H30N2O2/c1-6-8-9-18-13(10-11(3)4)15(19)17-14(16(18)20)12(5)7-2/h11-14H,6-10H2,1-5H3,(H,17,19). The van der Waals surface area contributed by atoms with Gasteiger partial charge in [-0.3, -0.25) is 9.59 Å². The lowest BCUT2D eigenvalue weighted by Gasteiger charge is -2.41. The van der Waals surface area contributed by atoms with Gasteiger partial charge in [-0.1, -0.05) is 47.5 Å². The molecule has 0 spiro atoms. The van der Waals surface area contributed by atoms with Crippen LogP contribution in [0.5, 0.6) is 0 Å². The number of carbonyl (C=O) groups excluding carboxylic acids is 2. The van der Waals surface area contributed by atoms with Crippen molar-refractivity contribution in [3.05, 3.63) is 0 Å². The lowest BCUT2D eigenvalue weighted by Crippen LogP contribution is -2.65. The molecule has 0 aromatic rings. The van der Waals surface area contributed by atoms with Crippen LogP contribution in [0, 0.1) is 11.8 Å². The molecule has 3 unspecified atom stereocenters. The van der Waals surface area contributed by atoms with Crippen LogP contribution in [-0.4, -0.2) is 35.3 Å². The van der Waals surface area contributed by atoms with Crippen molar-refractivity contribution in [1.82, 2.24) is 10.2 Å². The Morgan fingerprint density at radius 3 is 2.35 bits per heavy atom. The Bertz CT molecular complexity index is 341. The predicted molar refractivity (Wildman–Crippen MR) is 81.2 cm³/mol. The summed E-state index contributed by atoms with van der Waals surface area (Å²) in [5.74, 6) is 0.733. The molecule has 1 aliphatic rings. The number of carbonyl (C=O) groups is 2. The van der Waals surface area contributed by atoms with E-state index in [1.807, 2.05) is 11.8 Å². The molecular weight excluding hydrogens is 252 g/mol. The Kier molecular flexibility index (Phi) is 6.50. The summed E-state index contributed by atoms with van der Waals surface area (Å²) in [4.78, 5) is 26.9. The average Bonchev–Trinajstić information content (AvgIpc) is 2.40. The quantitative estimate of drug-likeness (QED) is 0.780. The highest BCUT2D eigenvalue weighted by Gasteiger charge is 2.41. The summed E-state index contributed by atoms with van der Waals surface area (Å²) in [6.07, 6.45) is 3.64. The van der Waals surface area contributed by atoms with Gasteiger partial charge in [-0.15, -0.1) is 0 Å². The molecule has 0 radical (unpaired) electrons. The van der Waals surface area contributed by atoms with Gasteiger partial charge in [-0.25, -0.2) is 0 Å². The van der Waals surface area contributed by atoms with Crippen molar-refractivity contribution in [2.24, 2.45) is 11.8 Å². The molecule has 4 heteroatoms. The molecule has 3 atom stereocenters. The first-order valence-electron chi connectivity index (χ1n) is 8.03. The topological polar surface area (TPSA) is 49.4 Å². The molecule has 2 amide bonds. The van der Waals surface area contributed by atoms with Gasteiger partial charge in [0.15, 0.2) is 0 Å². The van der Waals surface area contributed by atoms with Crippen molar-refractivity contribution in [2.45, 2.75) is 72.4 Å². The number of hydrogen-bond donors (Lipinski definition) is 1. The van der Waals surface area contributed by atoms with Crippen molar-refractivity contribution in [2.75, 3.05) is 6.54 Å². The Labute approximate surface area is 123 Å². The van der Waals surface area contributed by atoms with Crippen LogP contribution in [0.1, 0.15) is 60.3 Å². The smallest absolute Gasteiger partial charge is 0.246 e. The second kappa shape index (κ2) is 7.65. The predicted octanol–water partition coefficient (Wildman–Crippen LogP) is 2.57. The lowest BCUT2D eigenvalue weighted by atomic mass is 9.91. The van der Waals surface area contributed by atoms with E-state index in [1.165, 1.54) is 0 Å². The van der Waals surface area contributed by atoms with E-state index < -0.39 is 0 Å². The molecule has 4 nitrogen and oxygen atoms in total. The van der Waals surface area contributed by atoms with Crippen molar-refractivity contribution in [3.63, 3.8) is 0 Å². The maximum absolute atomic E-state index is 12.7. The molecule has 20 heavy (non-hydrogen) atoms. The molecule has 0 saturated carbocycles. The average molecular weight is 282 g/mol. The number of amides is 2. The fourth-order valence-corrected chi connectivity index (χ4v) is 2.68. The van der Waals surface area contributed by atoms with Gasteiger partial charge in [0, 0.05) is 6.54 Å². The van der Waals surface area contributed by atoms with E-state index in [0.717, 1.165) is 25.7 Å². The Morgan fingerprint density at radius 2 is 1.85 bits per heavy atom. The summed E-state index contributed by atoms with van der Waals surface area (Å²) in [6.45, 7) is 11.1. The molecule has 1 rings (SSSR count). The summed E-state index contributed by atoms with van der Waals surface area (Å²) in [5.41, 5.74) is 0. The molecule has 1 aliphatic heterocycles. The van der Waals surface area contributed by atoms with Gasteiger partial charge in [0.1, 0.15) is 12.1 Å². The highest BCUT2D eigenvalue weighted by atomic mass is 16.2. The zero-order valence-electron chi connectivity index (χ0n) is 13.6. The first-order valence-corrected chi connectivity index (χ1v) is 8.03. The van der Waals surface area contributed by atoms with Gasteiger partial charge in [0.2, 0.25) is 11.8 Å². The number of piperazine rings is 1. The van der Waals surface area contributed by atoms with Gasteiger partial charge >= 0.3 is 0 Å². The lowest BCUT2D eigenvalue weighted by molar-refractivity contribution is -0.151. The van der Waals surface area contributed by atoms with Crippen LogP contribution in [0.4, 0.5) is 0 Å². The minimum atomic E-state index is -0.340. The molecule has 1 saturated heterocycles. The second-order valence-electron chi connectivity index (χ2n) is 6.40. The van der Waals surface area contributed by atoms with Gasteiger partial charge in [-0.2, -0.15) is 0 Å². The normalized spacial score (nSPS) is 25.0. The molecular formula is C16H30N2O2. The molecule has 1 heterocycles. The van der Waals surface area contributed by atoms with Crippen molar-refractivity contribution < 1.29 is 9.59 Å². The monoisotopic (exact) mass is 282 g/mol. The number of hydrogen-bond acceptors (Lipinski definition) is 2. The summed E-state index contributed by atoms with van der Waals surface area (Å²) < 4.78 is 0. The van der Waals surface area contributed by atoms with Crippen molar-refractivity contribution in [3.8, 4) is 0 Å². The molecule has 0 bridgehead atoms. The van der Waals surface area contributed by atoms with Gasteiger partial charge in [0.05, 0.1) is 0 Å². The summed E-state index contributed by atoms with van der Waals surface area (Å²) in [6, 6.07) is -0.623. The van der Waals surface area contributed by atoms with Crippen molar-refractivity contribution in [1.29, 1.82) is 0 Å². The third kappa shape index (κ3) is 3.97. The molecule has 0 aromatic heterocycles. The van der Waals surface area contributed by atoms with Crippen LogP contribution in [0.3, 0.4) is 0 Å². The zero-order valence-corrected chi connectivity index (χ0v) is 13.6. The number of nitrogens with one attached hydrogen (secondary N) is 1. The summed E-state index contributed by atoms with van der Waals surface area (Å²) >= 11 is 0. The van der Waals surface area contributed by atoms with Crippen LogP contribution in [0.2, 0.25) is 0 Å². The minimum absolute atomic E-state index is 0.0275. The Balaban J connectivity index is 2.91.